The van der Waals surface area contributed by atoms with Gasteiger partial charge in [0.2, 0.25) is 0 Å². The highest BCUT2D eigenvalue weighted by Gasteiger charge is 2.03. The lowest BCUT2D eigenvalue weighted by molar-refractivity contribution is 0.0993. The first-order chi connectivity index (χ1) is 9.49. The minimum absolute atomic E-state index is 0.157. The highest BCUT2D eigenvalue weighted by Crippen LogP contribution is 1.90. The van der Waals surface area contributed by atoms with Gasteiger partial charge >= 0.3 is 0 Å². The van der Waals surface area contributed by atoms with Crippen LogP contribution in [-0.2, 0) is 0 Å². The van der Waals surface area contributed by atoms with Gasteiger partial charge in [0, 0.05) is 0 Å². The molecule has 10 heteroatoms. The number of nitrogens with two attached hydrogens (primary N) is 2. The summed E-state index contributed by atoms with van der Waals surface area (Å²) in [4.78, 5) is 31.4. The Bertz CT molecular complexity index is 799. The fraction of sp³-hybridized carbons (Fsp3) is 0.100. The Morgan fingerprint density at radius 1 is 1.30 bits per heavy atom. The minimum Gasteiger partial charge on any atom is -0.364 e. The van der Waals surface area contributed by atoms with Gasteiger partial charge in [-0.25, -0.2) is 19.2 Å². The number of H-pyrrole nitrogens is 1. The maximum Gasteiger partial charge on any atom is 0.276 e. The van der Waals surface area contributed by atoms with Crippen LogP contribution in [0.1, 0.15) is 16.3 Å². The molecule has 0 saturated carbocycles. The number of fused-ring (bicyclic) bond motifs is 1. The van der Waals surface area contributed by atoms with E-state index in [1.54, 1.807) is 6.92 Å². The number of nitrogen functional groups attached to an aromatic ring is 1. The van der Waals surface area contributed by atoms with E-state index in [4.69, 9.17) is 11.6 Å². The molecule has 20 heavy (non-hydrogen) atoms. The molecule has 0 aliphatic heterocycles. The number of aryl methyl sites for hydroxylation is 1. The Labute approximate surface area is 112 Å². The molecule has 0 unspecified atom stereocenters. The topological polar surface area (TPSA) is 150 Å². The van der Waals surface area contributed by atoms with Crippen molar-refractivity contribution in [2.24, 2.45) is 5.73 Å². The van der Waals surface area contributed by atoms with Crippen molar-refractivity contribution in [1.82, 2.24) is 29.2 Å². The van der Waals surface area contributed by atoms with Crippen molar-refractivity contribution in [3.05, 3.63) is 46.9 Å². The molecule has 0 aliphatic rings. The average molecular weight is 276 g/mol. The van der Waals surface area contributed by atoms with E-state index in [9.17, 15) is 9.59 Å². The van der Waals surface area contributed by atoms with Crippen LogP contribution in [0.3, 0.4) is 0 Å². The molecule has 5 N–H and O–H groups in total. The molecule has 3 heterocycles. The summed E-state index contributed by atoms with van der Waals surface area (Å²) in [5.74, 6) is 5.20. The van der Waals surface area contributed by atoms with E-state index in [-0.39, 0.29) is 11.3 Å². The molecule has 104 valence electrons. The third-order valence-corrected chi connectivity index (χ3v) is 2.32. The fourth-order valence-electron chi connectivity index (χ4n) is 1.44. The van der Waals surface area contributed by atoms with E-state index in [0.29, 0.717) is 11.3 Å². The molecular weight excluding hydrogens is 264 g/mol. The molecule has 0 aliphatic carbocycles. The van der Waals surface area contributed by atoms with Crippen molar-refractivity contribution in [3.8, 4) is 0 Å². The Morgan fingerprint density at radius 2 is 2.00 bits per heavy atom. The van der Waals surface area contributed by atoms with Gasteiger partial charge in [-0.05, 0) is 6.92 Å². The van der Waals surface area contributed by atoms with Crippen molar-refractivity contribution in [2.45, 2.75) is 6.92 Å². The van der Waals surface area contributed by atoms with Crippen molar-refractivity contribution < 1.29 is 4.79 Å². The summed E-state index contributed by atoms with van der Waals surface area (Å²) in [5, 5.41) is 4.00. The molecule has 3 aromatic heterocycles. The predicted molar refractivity (Wildman–Crippen MR) is 69.2 cm³/mol. The van der Waals surface area contributed by atoms with Gasteiger partial charge < -0.3 is 16.6 Å². The molecule has 0 spiro atoms. The van der Waals surface area contributed by atoms with E-state index in [2.05, 4.69) is 20.1 Å². The Balaban J connectivity index is 0.000000151. The number of carbonyl (C=O) groups is 1. The van der Waals surface area contributed by atoms with E-state index >= 15 is 0 Å². The van der Waals surface area contributed by atoms with Crippen molar-refractivity contribution in [2.75, 3.05) is 5.84 Å². The normalized spacial score (nSPS) is 10.1. The second-order valence-corrected chi connectivity index (χ2v) is 3.81. The molecule has 3 aromatic rings. The lowest BCUT2D eigenvalue weighted by atomic mass is 10.5. The first kappa shape index (κ1) is 13.3. The van der Waals surface area contributed by atoms with Crippen LogP contribution in [0.25, 0.3) is 5.52 Å². The van der Waals surface area contributed by atoms with Crippen LogP contribution in [0.4, 0.5) is 0 Å². The van der Waals surface area contributed by atoms with Gasteiger partial charge in [0.15, 0.2) is 0 Å². The van der Waals surface area contributed by atoms with Crippen LogP contribution in [0.15, 0.2) is 29.8 Å². The second-order valence-electron chi connectivity index (χ2n) is 3.81. The molecule has 0 bridgehead atoms. The monoisotopic (exact) mass is 276 g/mol. The number of hydrogen-bond donors (Lipinski definition) is 3. The highest BCUT2D eigenvalue weighted by atomic mass is 16.1. The quantitative estimate of drug-likeness (QED) is 0.456. The lowest BCUT2D eigenvalue weighted by Crippen LogP contribution is -2.20. The SMILES string of the molecule is Cc1nn2cncc2c(=O)[nH]1.NC(=O)c1cncn1N. The van der Waals surface area contributed by atoms with Gasteiger partial charge in [0.1, 0.15) is 29.7 Å². The molecule has 3 rings (SSSR count). The maximum atomic E-state index is 11.1. The molecular formula is C10H12N8O2. The van der Waals surface area contributed by atoms with Crippen molar-refractivity contribution in [3.63, 3.8) is 0 Å². The average Bonchev–Trinajstić information content (AvgIpc) is 2.98. The fourth-order valence-corrected chi connectivity index (χ4v) is 1.44. The zero-order chi connectivity index (χ0) is 14.7. The molecule has 0 aromatic carbocycles. The number of hydrogen-bond acceptors (Lipinski definition) is 6. The summed E-state index contributed by atoms with van der Waals surface area (Å²) < 4.78 is 2.52. The van der Waals surface area contributed by atoms with Crippen molar-refractivity contribution in [1.29, 1.82) is 0 Å². The number of nitrogens with one attached hydrogen (secondary N) is 1. The molecule has 0 radical (unpaired) electrons. The van der Waals surface area contributed by atoms with Gasteiger partial charge in [0.05, 0.1) is 12.4 Å². The zero-order valence-electron chi connectivity index (χ0n) is 10.5. The van der Waals surface area contributed by atoms with Crippen LogP contribution in [0.5, 0.6) is 0 Å². The number of aromatic nitrogens is 6. The standard InChI is InChI=1S/C6H6N4O.C4H6N4O/c1-4-8-6(11)5-2-7-3-10(5)9-4;5-4(9)3-1-7-2-8(3)6/h2-3H,1H3,(H,8,9,11);1-2H,6H2,(H2,5,9). The van der Waals surface area contributed by atoms with Gasteiger partial charge in [-0.2, -0.15) is 5.10 Å². The second kappa shape index (κ2) is 5.22. The summed E-state index contributed by atoms with van der Waals surface area (Å²) in [6.45, 7) is 1.72. The minimum atomic E-state index is -0.574. The zero-order valence-corrected chi connectivity index (χ0v) is 10.5. The Kier molecular flexibility index (Phi) is 3.46. The number of imidazole rings is 2. The first-order valence-corrected chi connectivity index (χ1v) is 5.45. The van der Waals surface area contributed by atoms with Gasteiger partial charge in [-0.3, -0.25) is 9.59 Å². The van der Waals surface area contributed by atoms with E-state index < -0.39 is 5.91 Å². The molecule has 0 atom stereocenters. The van der Waals surface area contributed by atoms with Crippen molar-refractivity contribution >= 4 is 11.4 Å². The van der Waals surface area contributed by atoms with Gasteiger partial charge in [-0.15, -0.1) is 0 Å². The Morgan fingerprint density at radius 3 is 2.55 bits per heavy atom. The Hall–Kier alpha value is -3.17. The predicted octanol–water partition coefficient (Wildman–Crippen LogP) is -1.58. The molecule has 1 amide bonds. The van der Waals surface area contributed by atoms with Crippen LogP contribution < -0.4 is 17.1 Å². The summed E-state index contributed by atoms with van der Waals surface area (Å²) >= 11 is 0. The van der Waals surface area contributed by atoms with Crippen LogP contribution in [0, 0.1) is 6.92 Å². The first-order valence-electron chi connectivity index (χ1n) is 5.45. The lowest BCUT2D eigenvalue weighted by Gasteiger charge is -1.92. The smallest absolute Gasteiger partial charge is 0.276 e. The van der Waals surface area contributed by atoms with Gasteiger partial charge in [-0.1, -0.05) is 0 Å². The van der Waals surface area contributed by atoms with Crippen LogP contribution >= 0.6 is 0 Å². The van der Waals surface area contributed by atoms with E-state index in [1.807, 2.05) is 0 Å². The number of rotatable bonds is 1. The maximum absolute atomic E-state index is 11.1. The van der Waals surface area contributed by atoms with E-state index in [0.717, 1.165) is 4.68 Å². The summed E-state index contributed by atoms with van der Waals surface area (Å²) in [7, 11) is 0. The number of primary amides is 1. The summed E-state index contributed by atoms with van der Waals surface area (Å²) in [5.41, 5.74) is 5.39. The number of amides is 1. The summed E-state index contributed by atoms with van der Waals surface area (Å²) in [6.07, 6.45) is 5.59. The number of aromatic amines is 1. The third-order valence-electron chi connectivity index (χ3n) is 2.32. The number of nitrogens with zero attached hydrogens (tertiary/aromatic N) is 5. The largest absolute Gasteiger partial charge is 0.364 e. The highest BCUT2D eigenvalue weighted by molar-refractivity contribution is 5.90. The molecule has 10 nitrogen and oxygen atoms in total. The summed E-state index contributed by atoms with van der Waals surface area (Å²) in [6, 6.07) is 0. The van der Waals surface area contributed by atoms with Gasteiger partial charge in [0.25, 0.3) is 11.5 Å². The third kappa shape index (κ3) is 2.63. The molecule has 0 saturated heterocycles. The van der Waals surface area contributed by atoms with Crippen LogP contribution in [0.2, 0.25) is 0 Å². The number of carbonyl (C=O) groups excluding carboxylic acids is 1. The van der Waals surface area contributed by atoms with Crippen LogP contribution in [-0.4, -0.2) is 35.1 Å². The molecule has 0 fully saturated rings. The van der Waals surface area contributed by atoms with E-state index in [1.165, 1.54) is 29.6 Å².